The first-order valence-corrected chi connectivity index (χ1v) is 7.91. The van der Waals surface area contributed by atoms with Crippen LogP contribution in [0.25, 0.3) is 22.4 Å². The van der Waals surface area contributed by atoms with Crippen LogP contribution in [0, 0.1) is 6.92 Å². The minimum atomic E-state index is 0.00345. The molecule has 0 aliphatic rings. The van der Waals surface area contributed by atoms with E-state index in [9.17, 15) is 4.79 Å². The van der Waals surface area contributed by atoms with Gasteiger partial charge in [-0.2, -0.15) is 0 Å². The van der Waals surface area contributed by atoms with Gasteiger partial charge in [-0.15, -0.1) is 0 Å². The molecule has 2 heterocycles. The van der Waals surface area contributed by atoms with Crippen molar-refractivity contribution < 1.29 is 4.74 Å². The number of rotatable bonds is 5. The fourth-order valence-electron chi connectivity index (χ4n) is 2.93. The van der Waals surface area contributed by atoms with E-state index in [2.05, 4.69) is 4.57 Å². The molecule has 24 heavy (non-hydrogen) atoms. The summed E-state index contributed by atoms with van der Waals surface area (Å²) in [5.74, 6) is 0.829. The molecule has 3 aromatic rings. The van der Waals surface area contributed by atoms with E-state index in [1.54, 1.807) is 18.7 Å². The van der Waals surface area contributed by atoms with E-state index in [1.807, 2.05) is 37.4 Å². The van der Waals surface area contributed by atoms with Crippen molar-refractivity contribution in [1.29, 1.82) is 0 Å². The van der Waals surface area contributed by atoms with Crippen LogP contribution in [-0.4, -0.2) is 27.8 Å². The Kier molecular flexibility index (Phi) is 4.51. The lowest BCUT2D eigenvalue weighted by molar-refractivity contribution is 0.188. The molecule has 6 nitrogen and oxygen atoms in total. The molecule has 0 amide bonds. The van der Waals surface area contributed by atoms with Gasteiger partial charge in [-0.3, -0.25) is 4.79 Å². The Balaban J connectivity index is 2.23. The maximum Gasteiger partial charge on any atom is 0.253 e. The number of nitrogens with zero attached hydrogens (tertiary/aromatic N) is 3. The van der Waals surface area contributed by atoms with Crippen molar-refractivity contribution in [3.8, 4) is 11.4 Å². The summed E-state index contributed by atoms with van der Waals surface area (Å²) in [5.41, 5.74) is 10.3. The van der Waals surface area contributed by atoms with Crippen molar-refractivity contribution in [3.05, 3.63) is 51.9 Å². The molecule has 0 radical (unpaired) electrons. The van der Waals surface area contributed by atoms with Crippen LogP contribution >= 0.6 is 0 Å². The Morgan fingerprint density at radius 3 is 2.75 bits per heavy atom. The molecule has 0 saturated carbocycles. The Hall–Kier alpha value is -2.44. The number of hydrogen-bond acceptors (Lipinski definition) is 4. The highest BCUT2D eigenvalue weighted by Crippen LogP contribution is 2.25. The number of hydrogen-bond donors (Lipinski definition) is 1. The molecule has 0 fully saturated rings. The third kappa shape index (κ3) is 2.86. The number of fused-ring (bicyclic) bond motifs is 1. The summed E-state index contributed by atoms with van der Waals surface area (Å²) >= 11 is 0. The SMILES string of the molecule is COCCn1c(-c2cc(C)c(=O)n(C)c2)nc2cc(CN)ccc21. The molecule has 0 spiro atoms. The number of imidazole rings is 1. The topological polar surface area (TPSA) is 75.1 Å². The first-order valence-electron chi connectivity index (χ1n) is 7.91. The second-order valence-corrected chi connectivity index (χ2v) is 5.93. The number of nitrogens with two attached hydrogens (primary N) is 1. The van der Waals surface area contributed by atoms with Crippen LogP contribution in [0.3, 0.4) is 0 Å². The predicted molar refractivity (Wildman–Crippen MR) is 94.9 cm³/mol. The minimum absolute atomic E-state index is 0.00345. The van der Waals surface area contributed by atoms with Crippen LogP contribution in [0.1, 0.15) is 11.1 Å². The number of pyridine rings is 1. The normalized spacial score (nSPS) is 11.3. The molecular weight excluding hydrogens is 304 g/mol. The standard InChI is InChI=1S/C18H22N4O2/c1-12-8-14(11-21(2)18(12)23)17-20-15-9-13(10-19)4-5-16(15)22(17)6-7-24-3/h4-5,8-9,11H,6-7,10,19H2,1-3H3. The highest BCUT2D eigenvalue weighted by Gasteiger charge is 2.14. The lowest BCUT2D eigenvalue weighted by Crippen LogP contribution is -2.19. The molecule has 0 saturated heterocycles. The number of aromatic nitrogens is 3. The van der Waals surface area contributed by atoms with Gasteiger partial charge < -0.3 is 19.6 Å². The molecular formula is C18H22N4O2. The van der Waals surface area contributed by atoms with Gasteiger partial charge in [0, 0.05) is 44.6 Å². The molecule has 3 rings (SSSR count). The van der Waals surface area contributed by atoms with Crippen molar-refractivity contribution in [2.75, 3.05) is 13.7 Å². The number of aryl methyl sites for hydroxylation is 2. The van der Waals surface area contributed by atoms with Gasteiger partial charge in [-0.25, -0.2) is 4.98 Å². The number of methoxy groups -OCH3 is 1. The molecule has 0 aliphatic carbocycles. The number of ether oxygens (including phenoxy) is 1. The van der Waals surface area contributed by atoms with Gasteiger partial charge in [0.1, 0.15) is 5.82 Å². The second-order valence-electron chi connectivity index (χ2n) is 5.93. The summed E-state index contributed by atoms with van der Waals surface area (Å²) in [6.45, 7) is 3.57. The molecule has 2 aromatic heterocycles. The van der Waals surface area contributed by atoms with Gasteiger partial charge in [0.05, 0.1) is 17.6 Å². The Labute approximate surface area is 140 Å². The van der Waals surface area contributed by atoms with E-state index >= 15 is 0 Å². The maximum atomic E-state index is 12.0. The first-order chi connectivity index (χ1) is 11.5. The summed E-state index contributed by atoms with van der Waals surface area (Å²) in [5, 5.41) is 0. The van der Waals surface area contributed by atoms with E-state index in [4.69, 9.17) is 15.5 Å². The Morgan fingerprint density at radius 1 is 1.29 bits per heavy atom. The maximum absolute atomic E-state index is 12.0. The summed E-state index contributed by atoms with van der Waals surface area (Å²) in [4.78, 5) is 16.8. The molecule has 0 unspecified atom stereocenters. The van der Waals surface area contributed by atoms with Crippen LogP contribution in [-0.2, 0) is 24.9 Å². The molecule has 1 aromatic carbocycles. The quantitative estimate of drug-likeness (QED) is 0.776. The van der Waals surface area contributed by atoms with E-state index in [1.165, 1.54) is 0 Å². The van der Waals surface area contributed by atoms with Crippen molar-refractivity contribution in [1.82, 2.24) is 14.1 Å². The highest BCUT2D eigenvalue weighted by atomic mass is 16.5. The Morgan fingerprint density at radius 2 is 2.08 bits per heavy atom. The van der Waals surface area contributed by atoms with Gasteiger partial charge >= 0.3 is 0 Å². The molecule has 126 valence electrons. The van der Waals surface area contributed by atoms with Crippen molar-refractivity contribution in [2.45, 2.75) is 20.0 Å². The fraction of sp³-hybridized carbons (Fsp3) is 0.333. The first kappa shape index (κ1) is 16.4. The minimum Gasteiger partial charge on any atom is -0.383 e. The fourth-order valence-corrected chi connectivity index (χ4v) is 2.93. The lowest BCUT2D eigenvalue weighted by atomic mass is 10.2. The van der Waals surface area contributed by atoms with Gasteiger partial charge in [0.15, 0.2) is 0 Å². The van der Waals surface area contributed by atoms with Gasteiger partial charge in [0.25, 0.3) is 5.56 Å². The van der Waals surface area contributed by atoms with E-state index in [0.29, 0.717) is 25.3 Å². The van der Waals surface area contributed by atoms with E-state index in [-0.39, 0.29) is 5.56 Å². The van der Waals surface area contributed by atoms with Gasteiger partial charge in [-0.05, 0) is 30.7 Å². The summed E-state index contributed by atoms with van der Waals surface area (Å²) < 4.78 is 8.96. The van der Waals surface area contributed by atoms with Crippen LogP contribution < -0.4 is 11.3 Å². The zero-order valence-electron chi connectivity index (χ0n) is 14.2. The van der Waals surface area contributed by atoms with Crippen LogP contribution in [0.4, 0.5) is 0 Å². The monoisotopic (exact) mass is 326 g/mol. The molecule has 0 atom stereocenters. The van der Waals surface area contributed by atoms with E-state index < -0.39 is 0 Å². The Bertz CT molecular complexity index is 914. The van der Waals surface area contributed by atoms with Crippen molar-refractivity contribution in [3.63, 3.8) is 0 Å². The summed E-state index contributed by atoms with van der Waals surface area (Å²) in [7, 11) is 3.44. The smallest absolute Gasteiger partial charge is 0.253 e. The highest BCUT2D eigenvalue weighted by molar-refractivity contribution is 5.81. The van der Waals surface area contributed by atoms with E-state index in [0.717, 1.165) is 28.0 Å². The zero-order chi connectivity index (χ0) is 17.3. The third-order valence-electron chi connectivity index (χ3n) is 4.19. The van der Waals surface area contributed by atoms with Gasteiger partial charge in [0.2, 0.25) is 0 Å². The van der Waals surface area contributed by atoms with Gasteiger partial charge in [-0.1, -0.05) is 6.07 Å². The summed E-state index contributed by atoms with van der Waals surface area (Å²) in [6, 6.07) is 7.95. The van der Waals surface area contributed by atoms with Crippen LogP contribution in [0.2, 0.25) is 0 Å². The average Bonchev–Trinajstić information content (AvgIpc) is 2.94. The number of benzene rings is 1. The lowest BCUT2D eigenvalue weighted by Gasteiger charge is -2.10. The van der Waals surface area contributed by atoms with Crippen molar-refractivity contribution >= 4 is 11.0 Å². The predicted octanol–water partition coefficient (Wildman–Crippen LogP) is 1.82. The molecule has 0 bridgehead atoms. The molecule has 2 N–H and O–H groups in total. The second kappa shape index (κ2) is 6.59. The average molecular weight is 326 g/mol. The van der Waals surface area contributed by atoms with Crippen LogP contribution in [0.5, 0.6) is 0 Å². The largest absolute Gasteiger partial charge is 0.383 e. The molecule has 0 aliphatic heterocycles. The van der Waals surface area contributed by atoms with Crippen LogP contribution in [0.15, 0.2) is 35.3 Å². The zero-order valence-corrected chi connectivity index (χ0v) is 14.2. The van der Waals surface area contributed by atoms with Crippen molar-refractivity contribution in [2.24, 2.45) is 12.8 Å². The molecule has 6 heteroatoms. The third-order valence-corrected chi connectivity index (χ3v) is 4.19. The summed E-state index contributed by atoms with van der Waals surface area (Å²) in [6.07, 6.45) is 1.82.